The van der Waals surface area contributed by atoms with Crippen LogP contribution in [0.1, 0.15) is 52.4 Å². The number of H-pyrrole nitrogens is 1. The zero-order valence-corrected chi connectivity index (χ0v) is 12.3. The molecule has 1 aromatic heterocycles. The topological polar surface area (TPSA) is 73.4 Å². The van der Waals surface area contributed by atoms with Crippen molar-refractivity contribution in [1.29, 1.82) is 0 Å². The van der Waals surface area contributed by atoms with Gasteiger partial charge in [0.2, 0.25) is 0 Å². The van der Waals surface area contributed by atoms with E-state index < -0.39 is 0 Å². The van der Waals surface area contributed by atoms with E-state index in [4.69, 9.17) is 5.11 Å². The van der Waals surface area contributed by atoms with Gasteiger partial charge in [-0.1, -0.05) is 6.92 Å². The Hall–Kier alpha value is -1.62. The number of hydrogen-bond donors (Lipinski definition) is 2. The maximum atomic E-state index is 12.6. The average molecular weight is 278 g/mol. The SMILES string of the molecule is CCc1c(C(=O)N2CCC(CO)C2)[nH]c(C)c1C(C)=O. The fourth-order valence-electron chi connectivity index (χ4n) is 3.01. The number of hydrogen-bond acceptors (Lipinski definition) is 3. The Kier molecular flexibility index (Phi) is 4.28. The Bertz CT molecular complexity index is 533. The lowest BCUT2D eigenvalue weighted by Gasteiger charge is -2.16. The van der Waals surface area contributed by atoms with E-state index >= 15 is 0 Å². The van der Waals surface area contributed by atoms with Gasteiger partial charge in [0.25, 0.3) is 5.91 Å². The minimum atomic E-state index is -0.0617. The van der Waals surface area contributed by atoms with Crippen molar-refractivity contribution in [2.45, 2.75) is 33.6 Å². The minimum absolute atomic E-state index is 0.00990. The van der Waals surface area contributed by atoms with Crippen LogP contribution in [-0.2, 0) is 6.42 Å². The van der Waals surface area contributed by atoms with Crippen molar-refractivity contribution in [3.63, 3.8) is 0 Å². The molecule has 110 valence electrons. The number of aliphatic hydroxyl groups excluding tert-OH is 1. The molecular weight excluding hydrogens is 256 g/mol. The summed E-state index contributed by atoms with van der Waals surface area (Å²) in [7, 11) is 0. The molecule has 1 aromatic rings. The molecule has 2 heterocycles. The van der Waals surface area contributed by atoms with E-state index in [0.717, 1.165) is 17.7 Å². The number of ketones is 1. The molecule has 0 aromatic carbocycles. The van der Waals surface area contributed by atoms with Gasteiger partial charge in [-0.3, -0.25) is 9.59 Å². The number of aromatic amines is 1. The highest BCUT2D eigenvalue weighted by Crippen LogP contribution is 2.24. The van der Waals surface area contributed by atoms with Crippen LogP contribution < -0.4 is 0 Å². The van der Waals surface area contributed by atoms with Crippen LogP contribution in [0.3, 0.4) is 0 Å². The van der Waals surface area contributed by atoms with Gasteiger partial charge in [-0.2, -0.15) is 0 Å². The first-order chi connectivity index (χ1) is 9.49. The maximum absolute atomic E-state index is 12.6. The highest BCUT2D eigenvalue weighted by Gasteiger charge is 2.30. The second-order valence-corrected chi connectivity index (χ2v) is 5.48. The van der Waals surface area contributed by atoms with Gasteiger partial charge in [-0.15, -0.1) is 0 Å². The summed E-state index contributed by atoms with van der Waals surface area (Å²) >= 11 is 0. The summed E-state index contributed by atoms with van der Waals surface area (Å²) in [4.78, 5) is 29.1. The fraction of sp³-hybridized carbons (Fsp3) is 0.600. The normalized spacial score (nSPS) is 18.6. The lowest BCUT2D eigenvalue weighted by molar-refractivity contribution is 0.0775. The highest BCUT2D eigenvalue weighted by atomic mass is 16.3. The van der Waals surface area contributed by atoms with E-state index in [2.05, 4.69) is 4.98 Å². The quantitative estimate of drug-likeness (QED) is 0.821. The highest BCUT2D eigenvalue weighted by molar-refractivity contribution is 6.02. The molecule has 2 N–H and O–H groups in total. The number of rotatable bonds is 4. The molecule has 1 saturated heterocycles. The van der Waals surface area contributed by atoms with E-state index in [1.54, 1.807) is 4.90 Å². The molecule has 5 nitrogen and oxygen atoms in total. The van der Waals surface area contributed by atoms with Crippen LogP contribution in [0.4, 0.5) is 0 Å². The Morgan fingerprint density at radius 3 is 2.65 bits per heavy atom. The Morgan fingerprint density at radius 2 is 2.15 bits per heavy atom. The van der Waals surface area contributed by atoms with Crippen LogP contribution in [-0.4, -0.2) is 46.4 Å². The molecule has 1 amide bonds. The van der Waals surface area contributed by atoms with Gasteiger partial charge < -0.3 is 15.0 Å². The third-order valence-corrected chi connectivity index (χ3v) is 4.04. The fourth-order valence-corrected chi connectivity index (χ4v) is 3.01. The predicted molar refractivity (Wildman–Crippen MR) is 76.0 cm³/mol. The molecular formula is C15H22N2O3. The first-order valence-corrected chi connectivity index (χ1v) is 7.12. The van der Waals surface area contributed by atoms with Gasteiger partial charge in [0.05, 0.1) is 0 Å². The third-order valence-electron chi connectivity index (χ3n) is 4.04. The second-order valence-electron chi connectivity index (χ2n) is 5.48. The molecule has 2 rings (SSSR count). The van der Waals surface area contributed by atoms with Crippen LogP contribution in [0, 0.1) is 12.8 Å². The molecule has 0 radical (unpaired) electrons. The number of aromatic nitrogens is 1. The monoisotopic (exact) mass is 278 g/mol. The van der Waals surface area contributed by atoms with Crippen molar-refractivity contribution < 1.29 is 14.7 Å². The smallest absolute Gasteiger partial charge is 0.270 e. The van der Waals surface area contributed by atoms with Crippen LogP contribution in [0.15, 0.2) is 0 Å². The van der Waals surface area contributed by atoms with E-state index in [-0.39, 0.29) is 24.2 Å². The number of carbonyl (C=O) groups is 2. The molecule has 1 fully saturated rings. The van der Waals surface area contributed by atoms with Crippen molar-refractivity contribution in [1.82, 2.24) is 9.88 Å². The number of Topliss-reactive ketones (excluding diaryl/α,β-unsaturated/α-hetero) is 1. The number of carbonyl (C=O) groups excluding carboxylic acids is 2. The minimum Gasteiger partial charge on any atom is -0.396 e. The number of aryl methyl sites for hydroxylation is 1. The van der Waals surface area contributed by atoms with E-state index in [9.17, 15) is 9.59 Å². The van der Waals surface area contributed by atoms with Crippen LogP contribution in [0.25, 0.3) is 0 Å². The summed E-state index contributed by atoms with van der Waals surface area (Å²) in [6, 6.07) is 0. The molecule has 1 aliphatic rings. The third kappa shape index (κ3) is 2.50. The first-order valence-electron chi connectivity index (χ1n) is 7.12. The van der Waals surface area contributed by atoms with Gasteiger partial charge >= 0.3 is 0 Å². The summed E-state index contributed by atoms with van der Waals surface area (Å²) in [5, 5.41) is 9.17. The molecule has 0 spiro atoms. The molecule has 1 aliphatic heterocycles. The van der Waals surface area contributed by atoms with Crippen LogP contribution >= 0.6 is 0 Å². The zero-order chi connectivity index (χ0) is 14.9. The van der Waals surface area contributed by atoms with Crippen molar-refractivity contribution in [3.8, 4) is 0 Å². The van der Waals surface area contributed by atoms with E-state index in [1.165, 1.54) is 6.92 Å². The summed E-state index contributed by atoms with van der Waals surface area (Å²) in [5.74, 6) is 0.102. The first kappa shape index (κ1) is 14.8. The number of nitrogens with zero attached hydrogens (tertiary/aromatic N) is 1. The number of likely N-dealkylation sites (tertiary alicyclic amines) is 1. The Morgan fingerprint density at radius 1 is 1.45 bits per heavy atom. The summed E-state index contributed by atoms with van der Waals surface area (Å²) < 4.78 is 0. The summed E-state index contributed by atoms with van der Waals surface area (Å²) in [5.41, 5.74) is 2.76. The molecule has 20 heavy (non-hydrogen) atoms. The number of nitrogens with one attached hydrogen (secondary N) is 1. The van der Waals surface area contributed by atoms with E-state index in [1.807, 2.05) is 13.8 Å². The molecule has 0 saturated carbocycles. The van der Waals surface area contributed by atoms with Crippen molar-refractivity contribution >= 4 is 11.7 Å². The van der Waals surface area contributed by atoms with Gasteiger partial charge in [0.15, 0.2) is 5.78 Å². The molecule has 1 unspecified atom stereocenters. The zero-order valence-electron chi connectivity index (χ0n) is 12.3. The number of aliphatic hydroxyl groups is 1. The van der Waals surface area contributed by atoms with Crippen LogP contribution in [0.2, 0.25) is 0 Å². The molecule has 0 aliphatic carbocycles. The standard InChI is InChI=1S/C15H22N2O3/c1-4-12-13(10(3)19)9(2)16-14(12)15(20)17-6-5-11(7-17)8-18/h11,16,18H,4-8H2,1-3H3. The largest absolute Gasteiger partial charge is 0.396 e. The van der Waals surface area contributed by atoms with Gasteiger partial charge in [-0.25, -0.2) is 0 Å². The van der Waals surface area contributed by atoms with Gasteiger partial charge in [0.1, 0.15) is 5.69 Å². The van der Waals surface area contributed by atoms with Gasteiger partial charge in [0, 0.05) is 36.9 Å². The molecule has 1 atom stereocenters. The lowest BCUT2D eigenvalue weighted by Crippen LogP contribution is -2.30. The van der Waals surface area contributed by atoms with Crippen molar-refractivity contribution in [2.24, 2.45) is 5.92 Å². The Labute approximate surface area is 119 Å². The summed E-state index contributed by atoms with van der Waals surface area (Å²) in [6.07, 6.45) is 1.49. The molecule has 0 bridgehead atoms. The predicted octanol–water partition coefficient (Wildman–Crippen LogP) is 1.54. The van der Waals surface area contributed by atoms with Crippen LogP contribution in [0.5, 0.6) is 0 Å². The van der Waals surface area contributed by atoms with Gasteiger partial charge in [-0.05, 0) is 32.3 Å². The second kappa shape index (κ2) is 5.79. The number of amides is 1. The maximum Gasteiger partial charge on any atom is 0.270 e. The lowest BCUT2D eigenvalue weighted by atomic mass is 10.0. The summed E-state index contributed by atoms with van der Waals surface area (Å²) in [6.45, 7) is 6.68. The molecule has 5 heteroatoms. The van der Waals surface area contributed by atoms with Crippen molar-refractivity contribution in [2.75, 3.05) is 19.7 Å². The van der Waals surface area contributed by atoms with Crippen molar-refractivity contribution in [3.05, 3.63) is 22.5 Å². The van der Waals surface area contributed by atoms with E-state index in [0.29, 0.717) is 30.8 Å². The Balaban J connectivity index is 2.31. The average Bonchev–Trinajstić information content (AvgIpc) is 3.01.